The Morgan fingerprint density at radius 3 is 2.50 bits per heavy atom. The Morgan fingerprint density at radius 1 is 1.00 bits per heavy atom. The monoisotopic (exact) mass is 279 g/mol. The fraction of sp³-hybridized carbons (Fsp3) is 0.941. The summed E-state index contributed by atoms with van der Waals surface area (Å²) in [5.74, 6) is 1.55. The second kappa shape index (κ2) is 6.05. The van der Waals surface area contributed by atoms with E-state index in [1.165, 1.54) is 19.3 Å². The number of hydrogen-bond acceptors (Lipinski definition) is 2. The van der Waals surface area contributed by atoms with Gasteiger partial charge in [-0.25, -0.2) is 0 Å². The summed E-state index contributed by atoms with van der Waals surface area (Å²) in [5, 5.41) is 10.3. The average Bonchev–Trinajstić information content (AvgIpc) is 3.07. The summed E-state index contributed by atoms with van der Waals surface area (Å²) in [6, 6.07) is 0.325. The highest BCUT2D eigenvalue weighted by molar-refractivity contribution is 5.80. The summed E-state index contributed by atoms with van der Waals surface area (Å²) in [7, 11) is 0. The van der Waals surface area contributed by atoms with Gasteiger partial charge in [0.2, 0.25) is 5.91 Å². The van der Waals surface area contributed by atoms with Crippen LogP contribution in [0.3, 0.4) is 0 Å². The van der Waals surface area contributed by atoms with Crippen LogP contribution in [0.25, 0.3) is 0 Å². The Kier molecular flexibility index (Phi) is 4.34. The van der Waals surface area contributed by atoms with Gasteiger partial charge in [-0.3, -0.25) is 4.79 Å². The first kappa shape index (κ1) is 14.4. The van der Waals surface area contributed by atoms with Crippen LogP contribution in [0.2, 0.25) is 0 Å². The van der Waals surface area contributed by atoms with Crippen molar-refractivity contribution in [1.82, 2.24) is 4.90 Å². The molecule has 1 heterocycles. The van der Waals surface area contributed by atoms with E-state index in [-0.39, 0.29) is 12.0 Å². The van der Waals surface area contributed by atoms with Gasteiger partial charge in [0.05, 0.1) is 6.10 Å². The van der Waals surface area contributed by atoms with Crippen molar-refractivity contribution in [2.75, 3.05) is 6.54 Å². The fourth-order valence-corrected chi connectivity index (χ4v) is 4.83. The Morgan fingerprint density at radius 2 is 1.80 bits per heavy atom. The zero-order valence-electron chi connectivity index (χ0n) is 12.8. The molecule has 0 radical (unpaired) electrons. The molecular formula is C17H29NO2. The Balaban J connectivity index is 1.70. The molecule has 3 fully saturated rings. The molecule has 3 rings (SSSR count). The molecule has 1 aliphatic heterocycles. The molecule has 1 saturated heterocycles. The van der Waals surface area contributed by atoms with Crippen molar-refractivity contribution in [3.05, 3.63) is 0 Å². The van der Waals surface area contributed by atoms with Gasteiger partial charge in [0.1, 0.15) is 0 Å². The number of carbonyl (C=O) groups excluding carboxylic acids is 1. The number of hydrogen-bond donors (Lipinski definition) is 1. The summed E-state index contributed by atoms with van der Waals surface area (Å²) < 4.78 is 0. The predicted molar refractivity (Wildman–Crippen MR) is 79.2 cm³/mol. The molecule has 5 atom stereocenters. The highest BCUT2D eigenvalue weighted by Crippen LogP contribution is 2.38. The minimum Gasteiger partial charge on any atom is -0.393 e. The van der Waals surface area contributed by atoms with Gasteiger partial charge in [0, 0.05) is 24.4 Å². The standard InChI is InChI=1S/C17H29NO2/c1-12-6-4-8-13(12)17(20)18-11-5-9-15(18)14-7-2-3-10-16(14)19/h12-16,19H,2-11H2,1H3. The number of carbonyl (C=O) groups is 1. The lowest BCUT2D eigenvalue weighted by molar-refractivity contribution is -0.139. The van der Waals surface area contributed by atoms with E-state index in [0.29, 0.717) is 23.8 Å². The van der Waals surface area contributed by atoms with Gasteiger partial charge in [-0.05, 0) is 44.4 Å². The van der Waals surface area contributed by atoms with Gasteiger partial charge in [-0.1, -0.05) is 26.2 Å². The Bertz CT molecular complexity index is 357. The van der Waals surface area contributed by atoms with Gasteiger partial charge in [0.15, 0.2) is 0 Å². The van der Waals surface area contributed by atoms with Gasteiger partial charge in [0.25, 0.3) is 0 Å². The van der Waals surface area contributed by atoms with Crippen LogP contribution in [0.15, 0.2) is 0 Å². The van der Waals surface area contributed by atoms with Crippen molar-refractivity contribution in [2.24, 2.45) is 17.8 Å². The first-order valence-corrected chi connectivity index (χ1v) is 8.67. The maximum absolute atomic E-state index is 12.9. The van der Waals surface area contributed by atoms with Gasteiger partial charge in [-0.2, -0.15) is 0 Å². The molecule has 0 bridgehead atoms. The van der Waals surface area contributed by atoms with Crippen molar-refractivity contribution in [3.8, 4) is 0 Å². The van der Waals surface area contributed by atoms with Crippen LogP contribution in [-0.4, -0.2) is 34.6 Å². The first-order valence-electron chi connectivity index (χ1n) is 8.67. The van der Waals surface area contributed by atoms with Crippen LogP contribution in [0.5, 0.6) is 0 Å². The van der Waals surface area contributed by atoms with Crippen molar-refractivity contribution in [1.29, 1.82) is 0 Å². The summed E-state index contributed by atoms with van der Waals surface area (Å²) in [4.78, 5) is 15.0. The molecule has 0 spiro atoms. The summed E-state index contributed by atoms with van der Waals surface area (Å²) >= 11 is 0. The predicted octanol–water partition coefficient (Wildman–Crippen LogP) is 2.96. The zero-order chi connectivity index (χ0) is 14.1. The van der Waals surface area contributed by atoms with Gasteiger partial charge >= 0.3 is 0 Å². The van der Waals surface area contributed by atoms with Crippen molar-refractivity contribution < 1.29 is 9.90 Å². The maximum Gasteiger partial charge on any atom is 0.226 e. The number of rotatable bonds is 2. The molecule has 114 valence electrons. The van der Waals surface area contributed by atoms with E-state index < -0.39 is 0 Å². The maximum atomic E-state index is 12.9. The summed E-state index contributed by atoms with van der Waals surface area (Å²) in [5.41, 5.74) is 0. The van der Waals surface area contributed by atoms with Gasteiger partial charge in [-0.15, -0.1) is 0 Å². The van der Waals surface area contributed by atoms with Crippen molar-refractivity contribution >= 4 is 5.91 Å². The molecule has 3 nitrogen and oxygen atoms in total. The smallest absolute Gasteiger partial charge is 0.226 e. The molecule has 20 heavy (non-hydrogen) atoms. The topological polar surface area (TPSA) is 40.5 Å². The molecule has 3 aliphatic rings. The van der Waals surface area contributed by atoms with Crippen molar-refractivity contribution in [3.63, 3.8) is 0 Å². The lowest BCUT2D eigenvalue weighted by atomic mass is 9.80. The molecule has 1 amide bonds. The van der Waals surface area contributed by atoms with Crippen LogP contribution >= 0.6 is 0 Å². The number of amides is 1. The van der Waals surface area contributed by atoms with Crippen LogP contribution in [0, 0.1) is 17.8 Å². The summed E-state index contributed by atoms with van der Waals surface area (Å²) in [6.07, 6.45) is 9.97. The fourth-order valence-electron chi connectivity index (χ4n) is 4.83. The lowest BCUT2D eigenvalue weighted by Crippen LogP contribution is -2.47. The van der Waals surface area contributed by atoms with E-state index in [4.69, 9.17) is 0 Å². The Labute approximate surface area is 122 Å². The molecule has 5 unspecified atom stereocenters. The normalized spacial score (nSPS) is 42.1. The third-order valence-corrected chi connectivity index (χ3v) is 6.04. The van der Waals surface area contributed by atoms with Crippen LogP contribution in [0.1, 0.15) is 64.7 Å². The molecule has 0 aromatic rings. The van der Waals surface area contributed by atoms with E-state index in [1.54, 1.807) is 0 Å². The van der Waals surface area contributed by atoms with E-state index in [2.05, 4.69) is 11.8 Å². The SMILES string of the molecule is CC1CCCC1C(=O)N1CCCC1C1CCCCC1O. The zero-order valence-corrected chi connectivity index (χ0v) is 12.8. The minimum atomic E-state index is -0.178. The van der Waals surface area contributed by atoms with E-state index in [9.17, 15) is 9.90 Å². The molecule has 1 N–H and O–H groups in total. The highest BCUT2D eigenvalue weighted by Gasteiger charge is 2.42. The molecule has 2 saturated carbocycles. The second-order valence-electron chi connectivity index (χ2n) is 7.27. The average molecular weight is 279 g/mol. The minimum absolute atomic E-state index is 0.178. The van der Waals surface area contributed by atoms with E-state index >= 15 is 0 Å². The summed E-state index contributed by atoms with van der Waals surface area (Å²) in [6.45, 7) is 3.16. The van der Waals surface area contributed by atoms with Gasteiger partial charge < -0.3 is 10.0 Å². The van der Waals surface area contributed by atoms with Crippen molar-refractivity contribution in [2.45, 2.75) is 76.9 Å². The largest absolute Gasteiger partial charge is 0.393 e. The number of likely N-dealkylation sites (tertiary alicyclic amines) is 1. The third kappa shape index (κ3) is 2.61. The molecular weight excluding hydrogens is 250 g/mol. The highest BCUT2D eigenvalue weighted by atomic mass is 16.3. The molecule has 2 aliphatic carbocycles. The Hall–Kier alpha value is -0.570. The van der Waals surface area contributed by atoms with E-state index in [1.807, 2.05) is 0 Å². The van der Waals surface area contributed by atoms with Crippen LogP contribution in [-0.2, 0) is 4.79 Å². The molecule has 3 heteroatoms. The lowest BCUT2D eigenvalue weighted by Gasteiger charge is -2.38. The number of aliphatic hydroxyl groups excluding tert-OH is 1. The van der Waals surface area contributed by atoms with Crippen LogP contribution in [0.4, 0.5) is 0 Å². The third-order valence-electron chi connectivity index (χ3n) is 6.04. The number of nitrogens with zero attached hydrogens (tertiary/aromatic N) is 1. The molecule has 0 aromatic carbocycles. The number of aliphatic hydroxyl groups is 1. The quantitative estimate of drug-likeness (QED) is 0.844. The second-order valence-corrected chi connectivity index (χ2v) is 7.27. The van der Waals surface area contributed by atoms with Crippen LogP contribution < -0.4 is 0 Å². The molecule has 0 aromatic heterocycles. The first-order chi connectivity index (χ1) is 9.68. The van der Waals surface area contributed by atoms with E-state index in [0.717, 1.165) is 45.1 Å².